The van der Waals surface area contributed by atoms with E-state index >= 15 is 0 Å². The highest BCUT2D eigenvalue weighted by molar-refractivity contribution is 9.10. The van der Waals surface area contributed by atoms with Gasteiger partial charge < -0.3 is 9.80 Å². The van der Waals surface area contributed by atoms with Gasteiger partial charge in [0.25, 0.3) is 5.91 Å². The average Bonchev–Trinajstić information content (AvgIpc) is 2.86. The number of aromatic amines is 1. The molecule has 0 saturated carbocycles. The summed E-state index contributed by atoms with van der Waals surface area (Å²) in [5, 5.41) is 7.37. The van der Waals surface area contributed by atoms with Crippen LogP contribution in [0.3, 0.4) is 0 Å². The van der Waals surface area contributed by atoms with Crippen molar-refractivity contribution in [2.45, 2.75) is 6.92 Å². The summed E-state index contributed by atoms with van der Waals surface area (Å²) in [6, 6.07) is 5.56. The quantitative estimate of drug-likeness (QED) is 0.808. The van der Waals surface area contributed by atoms with Crippen molar-refractivity contribution in [2.75, 3.05) is 31.1 Å². The zero-order chi connectivity index (χ0) is 15.7. The SMILES string of the molecule is Cc1[nH]nc(C(=O)N2CCN(c3cccc(Cl)n3)CC2)c1Br. The molecule has 1 N–H and O–H groups in total. The maximum atomic E-state index is 12.5. The highest BCUT2D eigenvalue weighted by atomic mass is 79.9. The van der Waals surface area contributed by atoms with E-state index in [2.05, 4.69) is 36.0 Å². The Balaban J connectivity index is 1.67. The lowest BCUT2D eigenvalue weighted by molar-refractivity contribution is 0.0739. The average molecular weight is 385 g/mol. The van der Waals surface area contributed by atoms with E-state index in [4.69, 9.17) is 11.6 Å². The molecule has 0 aromatic carbocycles. The van der Waals surface area contributed by atoms with Gasteiger partial charge in [0, 0.05) is 31.9 Å². The minimum Gasteiger partial charge on any atom is -0.353 e. The number of anilines is 1. The molecule has 1 saturated heterocycles. The van der Waals surface area contributed by atoms with E-state index in [0.717, 1.165) is 29.1 Å². The van der Waals surface area contributed by atoms with Crippen molar-refractivity contribution in [3.05, 3.63) is 39.2 Å². The van der Waals surface area contributed by atoms with Crippen molar-refractivity contribution < 1.29 is 4.79 Å². The van der Waals surface area contributed by atoms with Crippen molar-refractivity contribution in [1.29, 1.82) is 0 Å². The fourth-order valence-corrected chi connectivity index (χ4v) is 2.93. The summed E-state index contributed by atoms with van der Waals surface area (Å²) < 4.78 is 0.733. The third kappa shape index (κ3) is 2.96. The fraction of sp³-hybridized carbons (Fsp3) is 0.357. The van der Waals surface area contributed by atoms with Gasteiger partial charge in [0.05, 0.1) is 4.47 Å². The largest absolute Gasteiger partial charge is 0.353 e. The second-order valence-corrected chi connectivity index (χ2v) is 6.29. The molecule has 8 heteroatoms. The molecular formula is C14H15BrClN5O. The maximum absolute atomic E-state index is 12.5. The first-order chi connectivity index (χ1) is 10.6. The Morgan fingerprint density at radius 3 is 2.64 bits per heavy atom. The third-order valence-corrected chi connectivity index (χ3v) is 4.85. The molecule has 0 atom stereocenters. The third-order valence-electron chi connectivity index (χ3n) is 3.67. The number of amides is 1. The number of nitrogens with zero attached hydrogens (tertiary/aromatic N) is 4. The molecule has 116 valence electrons. The molecule has 1 fully saturated rings. The maximum Gasteiger partial charge on any atom is 0.275 e. The molecule has 2 aromatic heterocycles. The Hall–Kier alpha value is -1.60. The first-order valence-electron chi connectivity index (χ1n) is 6.93. The summed E-state index contributed by atoms with van der Waals surface area (Å²) in [7, 11) is 0. The number of aryl methyl sites for hydroxylation is 1. The lowest BCUT2D eigenvalue weighted by Gasteiger charge is -2.35. The van der Waals surface area contributed by atoms with Gasteiger partial charge in [0.1, 0.15) is 11.0 Å². The molecule has 22 heavy (non-hydrogen) atoms. The Kier molecular flexibility index (Phi) is 4.35. The van der Waals surface area contributed by atoms with E-state index in [0.29, 0.717) is 23.9 Å². The molecule has 1 aliphatic rings. The van der Waals surface area contributed by atoms with Crippen LogP contribution in [0.15, 0.2) is 22.7 Å². The van der Waals surface area contributed by atoms with Crippen LogP contribution in [0.5, 0.6) is 0 Å². The molecular weight excluding hydrogens is 370 g/mol. The number of nitrogens with one attached hydrogen (secondary N) is 1. The normalized spacial score (nSPS) is 15.2. The van der Waals surface area contributed by atoms with E-state index in [9.17, 15) is 4.79 Å². The summed E-state index contributed by atoms with van der Waals surface area (Å²) >= 11 is 9.32. The van der Waals surface area contributed by atoms with Gasteiger partial charge in [-0.2, -0.15) is 5.10 Å². The summed E-state index contributed by atoms with van der Waals surface area (Å²) in [5.74, 6) is 0.784. The summed E-state index contributed by atoms with van der Waals surface area (Å²) in [6.45, 7) is 4.58. The zero-order valence-electron chi connectivity index (χ0n) is 12.0. The van der Waals surface area contributed by atoms with Crippen LogP contribution in [0.2, 0.25) is 5.15 Å². The minimum atomic E-state index is -0.0603. The number of carbonyl (C=O) groups excluding carboxylic acids is 1. The fourth-order valence-electron chi connectivity index (χ4n) is 2.42. The number of halogens is 2. The number of carbonyl (C=O) groups is 1. The van der Waals surface area contributed by atoms with E-state index in [1.54, 1.807) is 11.0 Å². The number of rotatable bonds is 2. The van der Waals surface area contributed by atoms with Gasteiger partial charge >= 0.3 is 0 Å². The molecule has 6 nitrogen and oxygen atoms in total. The molecule has 0 aliphatic carbocycles. The van der Waals surface area contributed by atoms with E-state index in [1.807, 2.05) is 19.1 Å². The second kappa shape index (κ2) is 6.26. The van der Waals surface area contributed by atoms with Crippen molar-refractivity contribution >= 4 is 39.3 Å². The standard InChI is InChI=1S/C14H15BrClN5O/c1-9-12(15)13(19-18-9)14(22)21-7-5-20(6-8-21)11-4-2-3-10(16)17-11/h2-4H,5-8H2,1H3,(H,18,19). The Morgan fingerprint density at radius 1 is 1.32 bits per heavy atom. The van der Waals surface area contributed by atoms with E-state index in [1.165, 1.54) is 0 Å². The van der Waals surface area contributed by atoms with Gasteiger partial charge in [0.2, 0.25) is 0 Å². The molecule has 0 spiro atoms. The first-order valence-corrected chi connectivity index (χ1v) is 8.10. The molecule has 0 bridgehead atoms. The predicted molar refractivity (Wildman–Crippen MR) is 88.4 cm³/mol. The van der Waals surface area contributed by atoms with Gasteiger partial charge in [-0.25, -0.2) is 4.98 Å². The lowest BCUT2D eigenvalue weighted by atomic mass is 10.2. The highest BCUT2D eigenvalue weighted by Crippen LogP contribution is 2.21. The van der Waals surface area contributed by atoms with Crippen LogP contribution >= 0.6 is 27.5 Å². The van der Waals surface area contributed by atoms with Crippen LogP contribution in [-0.2, 0) is 0 Å². The number of piperazine rings is 1. The number of hydrogen-bond donors (Lipinski definition) is 1. The second-order valence-electron chi connectivity index (χ2n) is 5.11. The molecule has 1 amide bonds. The number of H-pyrrole nitrogens is 1. The zero-order valence-corrected chi connectivity index (χ0v) is 14.4. The van der Waals surface area contributed by atoms with Crippen LogP contribution in [0.25, 0.3) is 0 Å². The molecule has 3 heterocycles. The summed E-state index contributed by atoms with van der Waals surface area (Å²) in [6.07, 6.45) is 0. The van der Waals surface area contributed by atoms with Crippen molar-refractivity contribution in [2.24, 2.45) is 0 Å². The lowest BCUT2D eigenvalue weighted by Crippen LogP contribution is -2.49. The molecule has 0 radical (unpaired) electrons. The molecule has 3 rings (SSSR count). The van der Waals surface area contributed by atoms with Gasteiger partial charge in [-0.05, 0) is 35.0 Å². The van der Waals surface area contributed by atoms with Gasteiger partial charge in [0.15, 0.2) is 5.69 Å². The van der Waals surface area contributed by atoms with Crippen LogP contribution < -0.4 is 4.90 Å². The van der Waals surface area contributed by atoms with Gasteiger partial charge in [-0.1, -0.05) is 17.7 Å². The van der Waals surface area contributed by atoms with Crippen LogP contribution in [0.4, 0.5) is 5.82 Å². The van der Waals surface area contributed by atoms with Crippen molar-refractivity contribution in [3.8, 4) is 0 Å². The van der Waals surface area contributed by atoms with Crippen LogP contribution in [0, 0.1) is 6.92 Å². The van der Waals surface area contributed by atoms with E-state index < -0.39 is 0 Å². The van der Waals surface area contributed by atoms with E-state index in [-0.39, 0.29) is 5.91 Å². The topological polar surface area (TPSA) is 65.1 Å². The first kappa shape index (κ1) is 15.3. The predicted octanol–water partition coefficient (Wildman–Crippen LogP) is 2.49. The number of pyridine rings is 1. The monoisotopic (exact) mass is 383 g/mol. The smallest absolute Gasteiger partial charge is 0.275 e. The van der Waals surface area contributed by atoms with Crippen molar-refractivity contribution in [3.63, 3.8) is 0 Å². The van der Waals surface area contributed by atoms with Crippen LogP contribution in [-0.4, -0.2) is 52.2 Å². The summed E-state index contributed by atoms with van der Waals surface area (Å²) in [5.41, 5.74) is 1.29. The Bertz CT molecular complexity index is 696. The van der Waals surface area contributed by atoms with Gasteiger partial charge in [-0.3, -0.25) is 9.89 Å². The van der Waals surface area contributed by atoms with Crippen LogP contribution in [0.1, 0.15) is 16.2 Å². The Morgan fingerprint density at radius 2 is 2.05 bits per heavy atom. The minimum absolute atomic E-state index is 0.0603. The molecule has 2 aromatic rings. The molecule has 0 unspecified atom stereocenters. The van der Waals surface area contributed by atoms with Crippen molar-refractivity contribution in [1.82, 2.24) is 20.1 Å². The van der Waals surface area contributed by atoms with Gasteiger partial charge in [-0.15, -0.1) is 0 Å². The summed E-state index contributed by atoms with van der Waals surface area (Å²) in [4.78, 5) is 20.7. The number of aromatic nitrogens is 3. The Labute approximate surface area is 141 Å². The number of hydrogen-bond acceptors (Lipinski definition) is 4. The highest BCUT2D eigenvalue weighted by Gasteiger charge is 2.26. The molecule has 1 aliphatic heterocycles.